The van der Waals surface area contributed by atoms with Crippen molar-refractivity contribution in [2.75, 3.05) is 13.1 Å². The fraction of sp³-hybridized carbons (Fsp3) is 0.800. The summed E-state index contributed by atoms with van der Waals surface area (Å²) in [5.74, 6) is -2.46. The number of rotatable bonds is 6. The molecular formula is C10H16F3N3O. The predicted molar refractivity (Wildman–Crippen MR) is 55.9 cm³/mol. The lowest BCUT2D eigenvalue weighted by Crippen LogP contribution is -2.45. The normalized spacial score (nSPS) is 14.8. The van der Waals surface area contributed by atoms with Gasteiger partial charge in [-0.05, 0) is 13.3 Å². The summed E-state index contributed by atoms with van der Waals surface area (Å²) in [6.07, 6.45) is -3.82. The Morgan fingerprint density at radius 3 is 2.47 bits per heavy atom. The summed E-state index contributed by atoms with van der Waals surface area (Å²) in [5.41, 5.74) is 0. The molecule has 0 spiro atoms. The van der Waals surface area contributed by atoms with Crippen molar-refractivity contribution in [3.8, 4) is 6.07 Å². The second-order valence-corrected chi connectivity index (χ2v) is 3.64. The van der Waals surface area contributed by atoms with Gasteiger partial charge in [0.1, 0.15) is 0 Å². The van der Waals surface area contributed by atoms with Crippen molar-refractivity contribution in [1.82, 2.24) is 10.6 Å². The largest absolute Gasteiger partial charge is 0.405 e. The van der Waals surface area contributed by atoms with Crippen LogP contribution in [0.3, 0.4) is 0 Å². The molecule has 0 heterocycles. The highest BCUT2D eigenvalue weighted by molar-refractivity contribution is 5.81. The van der Waals surface area contributed by atoms with Gasteiger partial charge in [-0.1, -0.05) is 6.92 Å². The minimum absolute atomic E-state index is 0.370. The number of nitriles is 1. The molecule has 0 rings (SSSR count). The highest BCUT2D eigenvalue weighted by Crippen LogP contribution is 2.24. The van der Waals surface area contributed by atoms with Crippen LogP contribution in [0.5, 0.6) is 0 Å². The van der Waals surface area contributed by atoms with Crippen LogP contribution in [0.4, 0.5) is 13.2 Å². The predicted octanol–water partition coefficient (Wildman–Crippen LogP) is 1.19. The zero-order valence-electron chi connectivity index (χ0n) is 9.77. The molecule has 2 atom stereocenters. The minimum atomic E-state index is -4.57. The van der Waals surface area contributed by atoms with E-state index in [1.165, 1.54) is 6.92 Å². The Bertz CT molecular complexity index is 286. The summed E-state index contributed by atoms with van der Waals surface area (Å²) in [7, 11) is 0. The Kier molecular flexibility index (Phi) is 6.58. The zero-order chi connectivity index (χ0) is 13.5. The molecule has 2 unspecified atom stereocenters. The van der Waals surface area contributed by atoms with E-state index in [0.717, 1.165) is 12.5 Å². The summed E-state index contributed by atoms with van der Waals surface area (Å²) in [6, 6.07) is 0.410. The SMILES string of the molecule is CCCNC(=O)C(C)NCC(C#N)C(F)(F)F. The number of nitrogens with one attached hydrogen (secondary N) is 2. The van der Waals surface area contributed by atoms with Crippen molar-refractivity contribution in [3.63, 3.8) is 0 Å². The van der Waals surface area contributed by atoms with Crippen LogP contribution >= 0.6 is 0 Å². The van der Waals surface area contributed by atoms with Crippen LogP contribution < -0.4 is 10.6 Å². The lowest BCUT2D eigenvalue weighted by atomic mass is 10.1. The van der Waals surface area contributed by atoms with Crippen molar-refractivity contribution in [3.05, 3.63) is 0 Å². The first kappa shape index (κ1) is 15.7. The number of carbonyl (C=O) groups is 1. The Hall–Kier alpha value is -1.29. The molecule has 4 nitrogen and oxygen atoms in total. The molecule has 0 aromatic carbocycles. The molecule has 17 heavy (non-hydrogen) atoms. The summed E-state index contributed by atoms with van der Waals surface area (Å²) >= 11 is 0. The molecule has 0 aliphatic carbocycles. The number of hydrogen-bond acceptors (Lipinski definition) is 3. The van der Waals surface area contributed by atoms with Crippen molar-refractivity contribution in [1.29, 1.82) is 5.26 Å². The second kappa shape index (κ2) is 7.12. The van der Waals surface area contributed by atoms with Gasteiger partial charge in [-0.15, -0.1) is 0 Å². The molecular weight excluding hydrogens is 235 g/mol. The van der Waals surface area contributed by atoms with Crippen LogP contribution in [0.2, 0.25) is 0 Å². The third-order valence-corrected chi connectivity index (χ3v) is 2.12. The van der Waals surface area contributed by atoms with Crippen LogP contribution in [-0.2, 0) is 4.79 Å². The molecule has 0 saturated heterocycles. The Balaban J connectivity index is 4.10. The first-order valence-electron chi connectivity index (χ1n) is 5.30. The number of hydrogen-bond donors (Lipinski definition) is 2. The van der Waals surface area contributed by atoms with Gasteiger partial charge in [-0.25, -0.2) is 0 Å². The molecule has 1 amide bonds. The average Bonchev–Trinajstić information content (AvgIpc) is 2.24. The molecule has 0 aliphatic heterocycles. The van der Waals surface area contributed by atoms with Crippen LogP contribution in [0.15, 0.2) is 0 Å². The standard InChI is InChI=1S/C10H16F3N3O/c1-3-4-15-9(17)7(2)16-6-8(5-14)10(11,12)13/h7-8,16H,3-4,6H2,1-2H3,(H,15,17). The van der Waals surface area contributed by atoms with Gasteiger partial charge in [-0.2, -0.15) is 18.4 Å². The zero-order valence-corrected chi connectivity index (χ0v) is 9.77. The van der Waals surface area contributed by atoms with E-state index >= 15 is 0 Å². The van der Waals surface area contributed by atoms with Crippen LogP contribution in [0, 0.1) is 17.2 Å². The Labute approximate surface area is 98.2 Å². The molecule has 0 radical (unpaired) electrons. The lowest BCUT2D eigenvalue weighted by molar-refractivity contribution is -0.158. The molecule has 0 aliphatic rings. The van der Waals surface area contributed by atoms with E-state index in [1.54, 1.807) is 0 Å². The Morgan fingerprint density at radius 1 is 1.47 bits per heavy atom. The third kappa shape index (κ3) is 6.12. The fourth-order valence-electron chi connectivity index (χ4n) is 1.02. The van der Waals surface area contributed by atoms with Gasteiger partial charge in [-0.3, -0.25) is 4.79 Å². The van der Waals surface area contributed by atoms with Crippen LogP contribution in [0.1, 0.15) is 20.3 Å². The summed E-state index contributed by atoms with van der Waals surface area (Å²) in [4.78, 5) is 11.3. The monoisotopic (exact) mass is 251 g/mol. The van der Waals surface area contributed by atoms with Crippen molar-refractivity contribution >= 4 is 5.91 Å². The maximum Gasteiger partial charge on any atom is 0.405 e. The van der Waals surface area contributed by atoms with Gasteiger partial charge in [0, 0.05) is 13.1 Å². The van der Waals surface area contributed by atoms with E-state index in [2.05, 4.69) is 10.6 Å². The van der Waals surface area contributed by atoms with E-state index in [1.807, 2.05) is 6.92 Å². The minimum Gasteiger partial charge on any atom is -0.355 e. The Morgan fingerprint density at radius 2 is 2.06 bits per heavy atom. The van der Waals surface area contributed by atoms with Crippen molar-refractivity contribution in [2.24, 2.45) is 5.92 Å². The van der Waals surface area contributed by atoms with E-state index < -0.39 is 24.7 Å². The molecule has 7 heteroatoms. The average molecular weight is 251 g/mol. The first-order valence-corrected chi connectivity index (χ1v) is 5.30. The smallest absolute Gasteiger partial charge is 0.355 e. The number of carbonyl (C=O) groups excluding carboxylic acids is 1. The van der Waals surface area contributed by atoms with Gasteiger partial charge in [0.05, 0.1) is 12.1 Å². The molecule has 98 valence electrons. The molecule has 2 N–H and O–H groups in total. The van der Waals surface area contributed by atoms with E-state index in [4.69, 9.17) is 5.26 Å². The second-order valence-electron chi connectivity index (χ2n) is 3.64. The molecule has 0 aromatic rings. The summed E-state index contributed by atoms with van der Waals surface area (Å²) in [6.45, 7) is 3.22. The maximum atomic E-state index is 12.2. The van der Waals surface area contributed by atoms with Crippen LogP contribution in [-0.4, -0.2) is 31.2 Å². The van der Waals surface area contributed by atoms with Gasteiger partial charge in [0.2, 0.25) is 5.91 Å². The number of amides is 1. The van der Waals surface area contributed by atoms with Crippen LogP contribution in [0.25, 0.3) is 0 Å². The quantitative estimate of drug-likeness (QED) is 0.745. The van der Waals surface area contributed by atoms with E-state index in [-0.39, 0.29) is 5.91 Å². The number of alkyl halides is 3. The maximum absolute atomic E-state index is 12.2. The summed E-state index contributed by atoms with van der Waals surface area (Å²) in [5, 5.41) is 13.3. The molecule has 0 saturated carbocycles. The van der Waals surface area contributed by atoms with Gasteiger partial charge in [0.25, 0.3) is 0 Å². The summed E-state index contributed by atoms with van der Waals surface area (Å²) < 4.78 is 36.6. The number of nitrogens with zero attached hydrogens (tertiary/aromatic N) is 1. The van der Waals surface area contributed by atoms with Gasteiger partial charge < -0.3 is 10.6 Å². The number of halogens is 3. The highest BCUT2D eigenvalue weighted by atomic mass is 19.4. The first-order chi connectivity index (χ1) is 7.82. The molecule has 0 bridgehead atoms. The third-order valence-electron chi connectivity index (χ3n) is 2.12. The topological polar surface area (TPSA) is 64.9 Å². The molecule has 0 fully saturated rings. The van der Waals surface area contributed by atoms with Gasteiger partial charge >= 0.3 is 6.18 Å². The fourth-order valence-corrected chi connectivity index (χ4v) is 1.02. The van der Waals surface area contributed by atoms with Gasteiger partial charge in [0.15, 0.2) is 5.92 Å². The molecule has 0 aromatic heterocycles. The van der Waals surface area contributed by atoms with Crippen molar-refractivity contribution < 1.29 is 18.0 Å². The highest BCUT2D eigenvalue weighted by Gasteiger charge is 2.39. The van der Waals surface area contributed by atoms with E-state index in [9.17, 15) is 18.0 Å². The van der Waals surface area contributed by atoms with E-state index in [0.29, 0.717) is 6.54 Å². The lowest BCUT2D eigenvalue weighted by Gasteiger charge is -2.17. The van der Waals surface area contributed by atoms with Crippen molar-refractivity contribution in [2.45, 2.75) is 32.5 Å².